The molecule has 10 heteroatoms. The molecule has 5 N–H and O–H groups in total. The lowest BCUT2D eigenvalue weighted by Gasteiger charge is -2.19. The molecule has 0 aromatic rings. The molecule has 8 nitrogen and oxygen atoms in total. The molecule has 0 aliphatic rings. The van der Waals surface area contributed by atoms with E-state index in [1.807, 2.05) is 0 Å². The Morgan fingerprint density at radius 1 is 0.867 bits per heavy atom. The first-order chi connectivity index (χ1) is 14.1. The number of aliphatic hydroxyl groups excluding tert-OH is 2. The summed E-state index contributed by atoms with van der Waals surface area (Å²) < 4.78 is 47.6. The molecular weight excluding hydrogens is 428 g/mol. The molecule has 0 aromatic carbocycles. The van der Waals surface area contributed by atoms with Crippen LogP contribution in [0.2, 0.25) is 0 Å². The Kier molecular flexibility index (Phi) is 16.8. The van der Waals surface area contributed by atoms with Crippen LogP contribution in [-0.4, -0.2) is 57.3 Å². The number of nitrogens with one attached hydrogen (secondary N) is 1. The van der Waals surface area contributed by atoms with Gasteiger partial charge in [-0.15, -0.1) is 0 Å². The van der Waals surface area contributed by atoms with Crippen molar-refractivity contribution >= 4 is 20.0 Å². The van der Waals surface area contributed by atoms with Crippen LogP contribution in [-0.2, 0) is 20.0 Å². The van der Waals surface area contributed by atoms with Gasteiger partial charge in [-0.2, -0.15) is 0 Å². The number of unbranched alkanes of at least 4 members (excludes halogenated alkanes) is 11. The Labute approximate surface area is 183 Å². The third-order valence-electron chi connectivity index (χ3n) is 4.88. The van der Waals surface area contributed by atoms with Gasteiger partial charge < -0.3 is 10.2 Å². The predicted octanol–water partition coefficient (Wildman–Crippen LogP) is 2.17. The first-order valence-corrected chi connectivity index (χ1v) is 14.4. The van der Waals surface area contributed by atoms with Crippen molar-refractivity contribution in [3.05, 3.63) is 12.2 Å². The van der Waals surface area contributed by atoms with Crippen molar-refractivity contribution in [1.82, 2.24) is 4.72 Å². The highest BCUT2D eigenvalue weighted by molar-refractivity contribution is 7.93. The summed E-state index contributed by atoms with van der Waals surface area (Å²) in [7, 11) is -7.91. The van der Waals surface area contributed by atoms with E-state index in [0.29, 0.717) is 0 Å². The number of primary sulfonamides is 1. The van der Waals surface area contributed by atoms with Crippen molar-refractivity contribution < 1.29 is 27.0 Å². The number of nitrogens with two attached hydrogens (primary N) is 1. The van der Waals surface area contributed by atoms with Gasteiger partial charge in [-0.1, -0.05) is 83.3 Å². The summed E-state index contributed by atoms with van der Waals surface area (Å²) in [4.78, 5) is 0. The van der Waals surface area contributed by atoms with Gasteiger partial charge >= 0.3 is 0 Å². The van der Waals surface area contributed by atoms with Crippen molar-refractivity contribution in [2.75, 3.05) is 18.1 Å². The lowest BCUT2D eigenvalue weighted by atomic mass is 10.0. The molecule has 0 heterocycles. The molecule has 0 radical (unpaired) electrons. The average molecular weight is 471 g/mol. The van der Waals surface area contributed by atoms with Crippen LogP contribution in [0.5, 0.6) is 0 Å². The molecule has 0 amide bonds. The normalized spacial score (nSPS) is 14.9. The van der Waals surface area contributed by atoms with Crippen LogP contribution in [0.15, 0.2) is 12.2 Å². The highest BCUT2D eigenvalue weighted by atomic mass is 32.2. The monoisotopic (exact) mass is 470 g/mol. The minimum atomic E-state index is -3.99. The van der Waals surface area contributed by atoms with E-state index < -0.39 is 50.3 Å². The molecule has 0 fully saturated rings. The Hall–Kier alpha value is -0.520. The van der Waals surface area contributed by atoms with Crippen molar-refractivity contribution in [2.24, 2.45) is 5.14 Å². The Bertz CT molecular complexity index is 650. The summed E-state index contributed by atoms with van der Waals surface area (Å²) in [5.74, 6) is -1.46. The summed E-state index contributed by atoms with van der Waals surface area (Å²) in [6, 6.07) is -1.14. The minimum Gasteiger partial charge on any atom is -0.395 e. The molecule has 0 bridgehead atoms. The van der Waals surface area contributed by atoms with Crippen molar-refractivity contribution in [1.29, 1.82) is 0 Å². The van der Waals surface area contributed by atoms with Crippen LogP contribution in [0.25, 0.3) is 0 Å². The summed E-state index contributed by atoms with van der Waals surface area (Å²) in [6.07, 6.45) is 16.6. The van der Waals surface area contributed by atoms with Crippen LogP contribution >= 0.6 is 0 Å². The minimum absolute atomic E-state index is 0.613. The quantitative estimate of drug-likeness (QED) is 0.158. The summed E-state index contributed by atoms with van der Waals surface area (Å²) in [6.45, 7) is 1.61. The average Bonchev–Trinajstić information content (AvgIpc) is 2.67. The van der Waals surface area contributed by atoms with Crippen molar-refractivity contribution in [2.45, 2.75) is 96.1 Å². The predicted molar refractivity (Wildman–Crippen MR) is 122 cm³/mol. The second-order valence-corrected chi connectivity index (χ2v) is 11.4. The van der Waals surface area contributed by atoms with Gasteiger partial charge in [0.05, 0.1) is 30.3 Å². The highest BCUT2D eigenvalue weighted by Gasteiger charge is 2.23. The van der Waals surface area contributed by atoms with Gasteiger partial charge in [-0.05, 0) is 12.8 Å². The number of hydrogen-bond acceptors (Lipinski definition) is 6. The molecular formula is C20H42N2O6S2. The fourth-order valence-corrected chi connectivity index (χ4v) is 5.63. The van der Waals surface area contributed by atoms with E-state index in [4.69, 9.17) is 5.14 Å². The van der Waals surface area contributed by atoms with Gasteiger partial charge in [-0.25, -0.2) is 26.7 Å². The smallest absolute Gasteiger partial charge is 0.213 e. The SMILES string of the molecule is CCCCCCCCCCCCC/C=C/[C@@H](O)[C@H](CO)NS(=O)(=O)CCS(N)(=O)=O. The molecule has 0 spiro atoms. The highest BCUT2D eigenvalue weighted by Crippen LogP contribution is 2.12. The van der Waals surface area contributed by atoms with E-state index >= 15 is 0 Å². The first-order valence-electron chi connectivity index (χ1n) is 11.1. The van der Waals surface area contributed by atoms with Crippen LogP contribution < -0.4 is 9.86 Å². The molecule has 180 valence electrons. The van der Waals surface area contributed by atoms with Crippen LogP contribution in [0.3, 0.4) is 0 Å². The number of aliphatic hydroxyl groups is 2. The van der Waals surface area contributed by atoms with Crippen molar-refractivity contribution in [3.8, 4) is 0 Å². The van der Waals surface area contributed by atoms with E-state index in [2.05, 4.69) is 11.6 Å². The largest absolute Gasteiger partial charge is 0.395 e. The summed E-state index contributed by atoms with van der Waals surface area (Å²) in [5.41, 5.74) is 0. The number of sulfonamides is 2. The molecule has 0 aliphatic heterocycles. The standard InChI is InChI=1S/C20H42N2O6S2/c1-2-3-4-5-6-7-8-9-10-11-12-13-14-15-20(24)19(18-23)22-30(27,28)17-16-29(21,25)26/h14-15,19-20,22-24H,2-13,16-18H2,1H3,(H2,21,25,26)/b15-14+/t19-,20+/m0/s1. The van der Waals surface area contributed by atoms with Crippen LogP contribution in [0.4, 0.5) is 0 Å². The van der Waals surface area contributed by atoms with Gasteiger partial charge in [0.1, 0.15) is 0 Å². The molecule has 0 rings (SSSR count). The van der Waals surface area contributed by atoms with Gasteiger partial charge in [0, 0.05) is 0 Å². The maximum Gasteiger partial charge on any atom is 0.213 e. The molecule has 0 saturated carbocycles. The fraction of sp³-hybridized carbons (Fsp3) is 0.900. The van der Waals surface area contributed by atoms with Crippen LogP contribution in [0, 0.1) is 0 Å². The van der Waals surface area contributed by atoms with Gasteiger partial charge in [-0.3, -0.25) is 0 Å². The van der Waals surface area contributed by atoms with E-state index in [1.54, 1.807) is 6.08 Å². The van der Waals surface area contributed by atoms with Gasteiger partial charge in [0.2, 0.25) is 20.0 Å². The second-order valence-electron chi connectivity index (χ2n) is 7.84. The Morgan fingerprint density at radius 2 is 1.37 bits per heavy atom. The lowest BCUT2D eigenvalue weighted by molar-refractivity contribution is 0.135. The molecule has 0 saturated heterocycles. The zero-order valence-corrected chi connectivity index (χ0v) is 20.0. The summed E-state index contributed by atoms with van der Waals surface area (Å²) in [5, 5.41) is 24.2. The molecule has 2 atom stereocenters. The molecule has 0 aromatic heterocycles. The second kappa shape index (κ2) is 17.1. The summed E-state index contributed by atoms with van der Waals surface area (Å²) >= 11 is 0. The zero-order chi connectivity index (χ0) is 22.9. The van der Waals surface area contributed by atoms with E-state index in [1.165, 1.54) is 63.9 Å². The molecule has 0 unspecified atom stereocenters. The Balaban J connectivity index is 3.95. The topological polar surface area (TPSA) is 147 Å². The van der Waals surface area contributed by atoms with Crippen LogP contribution in [0.1, 0.15) is 84.0 Å². The van der Waals surface area contributed by atoms with E-state index in [0.717, 1.165) is 19.3 Å². The third-order valence-corrected chi connectivity index (χ3v) is 7.32. The number of allylic oxidation sites excluding steroid dienone is 1. The van der Waals surface area contributed by atoms with E-state index in [-0.39, 0.29) is 0 Å². The third kappa shape index (κ3) is 18.3. The Morgan fingerprint density at radius 3 is 1.83 bits per heavy atom. The number of rotatable bonds is 20. The maximum atomic E-state index is 11.9. The number of hydrogen-bond donors (Lipinski definition) is 4. The van der Waals surface area contributed by atoms with Crippen molar-refractivity contribution in [3.63, 3.8) is 0 Å². The lowest BCUT2D eigenvalue weighted by Crippen LogP contribution is -2.46. The zero-order valence-electron chi connectivity index (χ0n) is 18.3. The maximum absolute atomic E-state index is 11.9. The van der Waals surface area contributed by atoms with Gasteiger partial charge in [0.25, 0.3) is 0 Å². The van der Waals surface area contributed by atoms with Gasteiger partial charge in [0.15, 0.2) is 0 Å². The molecule has 0 aliphatic carbocycles. The fourth-order valence-electron chi connectivity index (χ4n) is 3.03. The first kappa shape index (κ1) is 29.5. The van der Waals surface area contributed by atoms with E-state index in [9.17, 15) is 27.0 Å². The molecule has 30 heavy (non-hydrogen) atoms.